The zero-order valence-electron chi connectivity index (χ0n) is 11.6. The second kappa shape index (κ2) is 5.57. The molecule has 18 heavy (non-hydrogen) atoms. The van der Waals surface area contributed by atoms with Crippen molar-refractivity contribution in [2.45, 2.75) is 45.2 Å². The summed E-state index contributed by atoms with van der Waals surface area (Å²) in [6.45, 7) is 5.53. The van der Waals surface area contributed by atoms with Crippen LogP contribution in [0.4, 0.5) is 0 Å². The van der Waals surface area contributed by atoms with Crippen LogP contribution in [0, 0.1) is 17.8 Å². The molecule has 1 N–H and O–H groups in total. The number of aliphatic carboxylic acids is 1. The van der Waals surface area contributed by atoms with Crippen molar-refractivity contribution in [2.24, 2.45) is 17.8 Å². The molecule has 2 fully saturated rings. The largest absolute Gasteiger partial charge is 0.481 e. The third-order valence-corrected chi connectivity index (χ3v) is 4.62. The number of carbonyl (C=O) groups is 1. The van der Waals surface area contributed by atoms with Gasteiger partial charge in [0.2, 0.25) is 0 Å². The Bertz CT molecular complexity index is 297. The molecule has 1 aliphatic carbocycles. The molecule has 0 amide bonds. The number of likely N-dealkylation sites (N-methyl/N-ethyl adjacent to an activating group) is 1. The molecule has 0 bridgehead atoms. The van der Waals surface area contributed by atoms with E-state index in [4.69, 9.17) is 4.74 Å². The van der Waals surface area contributed by atoms with Crippen molar-refractivity contribution in [3.63, 3.8) is 0 Å². The highest BCUT2D eigenvalue weighted by Crippen LogP contribution is 2.33. The molecule has 0 aromatic carbocycles. The number of carboxylic acid groups (broad SMARTS) is 1. The first-order valence-corrected chi connectivity index (χ1v) is 7.01. The minimum atomic E-state index is -0.721. The van der Waals surface area contributed by atoms with Gasteiger partial charge in [0.1, 0.15) is 0 Å². The summed E-state index contributed by atoms with van der Waals surface area (Å²) in [6.07, 6.45) is 3.67. The van der Waals surface area contributed by atoms with Gasteiger partial charge < -0.3 is 9.84 Å². The van der Waals surface area contributed by atoms with Gasteiger partial charge in [0, 0.05) is 12.1 Å². The van der Waals surface area contributed by atoms with E-state index in [2.05, 4.69) is 25.8 Å². The van der Waals surface area contributed by atoms with Crippen LogP contribution in [0.2, 0.25) is 0 Å². The van der Waals surface area contributed by atoms with E-state index in [0.29, 0.717) is 19.3 Å². The molecule has 0 spiro atoms. The second-order valence-electron chi connectivity index (χ2n) is 6.29. The normalized spacial score (nSPS) is 41.2. The molecule has 4 heteroatoms. The predicted molar refractivity (Wildman–Crippen MR) is 69.5 cm³/mol. The van der Waals surface area contributed by atoms with Crippen LogP contribution in [0.3, 0.4) is 0 Å². The first kappa shape index (κ1) is 13.8. The van der Waals surface area contributed by atoms with Gasteiger partial charge in [-0.3, -0.25) is 9.69 Å². The zero-order chi connectivity index (χ0) is 13.3. The minimum absolute atomic E-state index is 0.0463. The van der Waals surface area contributed by atoms with E-state index in [-0.39, 0.29) is 12.0 Å². The molecule has 1 saturated carbocycles. The van der Waals surface area contributed by atoms with E-state index in [1.54, 1.807) is 0 Å². The van der Waals surface area contributed by atoms with Crippen molar-refractivity contribution in [3.05, 3.63) is 0 Å². The van der Waals surface area contributed by atoms with Crippen molar-refractivity contribution in [3.8, 4) is 0 Å². The second-order valence-corrected chi connectivity index (χ2v) is 6.29. The van der Waals surface area contributed by atoms with E-state index in [9.17, 15) is 9.90 Å². The number of rotatable bonds is 3. The molecular formula is C14H25NO3. The summed E-state index contributed by atoms with van der Waals surface area (Å²) in [5.74, 6) is 0.405. The van der Waals surface area contributed by atoms with Gasteiger partial charge in [0.25, 0.3) is 0 Å². The fourth-order valence-corrected chi connectivity index (χ4v) is 3.69. The van der Waals surface area contributed by atoms with Crippen LogP contribution in [-0.4, -0.2) is 48.3 Å². The summed E-state index contributed by atoms with van der Waals surface area (Å²) in [5, 5.41) is 9.23. The van der Waals surface area contributed by atoms with Crippen LogP contribution >= 0.6 is 0 Å². The molecule has 0 radical (unpaired) electrons. The van der Waals surface area contributed by atoms with E-state index < -0.39 is 5.97 Å². The number of ether oxygens (including phenoxy) is 1. The summed E-state index contributed by atoms with van der Waals surface area (Å²) < 4.78 is 5.37. The summed E-state index contributed by atoms with van der Waals surface area (Å²) in [7, 11) is 2.07. The van der Waals surface area contributed by atoms with E-state index in [1.807, 2.05) is 0 Å². The van der Waals surface area contributed by atoms with Crippen molar-refractivity contribution in [1.29, 1.82) is 0 Å². The van der Waals surface area contributed by atoms with Crippen molar-refractivity contribution in [1.82, 2.24) is 4.90 Å². The van der Waals surface area contributed by atoms with Gasteiger partial charge in [-0.05, 0) is 38.1 Å². The monoisotopic (exact) mass is 255 g/mol. The van der Waals surface area contributed by atoms with Crippen molar-refractivity contribution >= 4 is 5.97 Å². The average molecular weight is 255 g/mol. The van der Waals surface area contributed by atoms with Gasteiger partial charge in [-0.25, -0.2) is 0 Å². The lowest BCUT2D eigenvalue weighted by Crippen LogP contribution is -2.48. The topological polar surface area (TPSA) is 49.8 Å². The predicted octanol–water partition coefficient (Wildman–Crippen LogP) is 1.84. The Morgan fingerprint density at radius 1 is 1.17 bits per heavy atom. The molecule has 0 aromatic rings. The van der Waals surface area contributed by atoms with Crippen LogP contribution in [0.25, 0.3) is 0 Å². The molecule has 0 aromatic heterocycles. The fraction of sp³-hybridized carbons (Fsp3) is 0.929. The van der Waals surface area contributed by atoms with Crippen LogP contribution in [0.1, 0.15) is 33.1 Å². The summed E-state index contributed by atoms with van der Waals surface area (Å²) in [5.41, 5.74) is 0. The maximum absolute atomic E-state index is 11.2. The number of hydrogen-bond donors (Lipinski definition) is 1. The highest BCUT2D eigenvalue weighted by atomic mass is 16.5. The van der Waals surface area contributed by atoms with Crippen LogP contribution in [0.15, 0.2) is 0 Å². The molecule has 1 saturated heterocycles. The van der Waals surface area contributed by atoms with Gasteiger partial charge in [0.15, 0.2) is 0 Å². The number of nitrogens with zero attached hydrogens (tertiary/aromatic N) is 1. The molecule has 104 valence electrons. The Morgan fingerprint density at radius 2 is 1.78 bits per heavy atom. The molecule has 4 atom stereocenters. The molecule has 4 nitrogen and oxygen atoms in total. The lowest BCUT2D eigenvalue weighted by molar-refractivity contribution is -0.143. The summed E-state index contributed by atoms with van der Waals surface area (Å²) >= 11 is 0. The molecule has 1 aliphatic heterocycles. The van der Waals surface area contributed by atoms with Crippen LogP contribution in [-0.2, 0) is 9.53 Å². The maximum atomic E-state index is 11.2. The van der Waals surface area contributed by atoms with E-state index in [0.717, 1.165) is 11.8 Å². The quantitative estimate of drug-likeness (QED) is 0.836. The van der Waals surface area contributed by atoms with Gasteiger partial charge in [0.05, 0.1) is 19.1 Å². The van der Waals surface area contributed by atoms with Crippen molar-refractivity contribution < 1.29 is 14.6 Å². The van der Waals surface area contributed by atoms with E-state index >= 15 is 0 Å². The van der Waals surface area contributed by atoms with Gasteiger partial charge in [-0.2, -0.15) is 0 Å². The Kier molecular flexibility index (Phi) is 4.28. The Hall–Kier alpha value is -0.610. The van der Waals surface area contributed by atoms with E-state index in [1.165, 1.54) is 19.3 Å². The summed E-state index contributed by atoms with van der Waals surface area (Å²) in [4.78, 5) is 13.5. The Balaban J connectivity index is 2.01. The SMILES string of the molecule is CC1CC(C)CC(N(C)C2COCC2C(=O)O)C1. The lowest BCUT2D eigenvalue weighted by Gasteiger charge is -2.40. The lowest BCUT2D eigenvalue weighted by atomic mass is 9.79. The third kappa shape index (κ3) is 2.86. The Labute approximate surface area is 109 Å². The molecule has 4 unspecified atom stereocenters. The first-order chi connectivity index (χ1) is 8.49. The Morgan fingerprint density at radius 3 is 2.33 bits per heavy atom. The highest BCUT2D eigenvalue weighted by Gasteiger charge is 2.40. The highest BCUT2D eigenvalue weighted by molar-refractivity contribution is 5.71. The van der Waals surface area contributed by atoms with Crippen LogP contribution in [0.5, 0.6) is 0 Å². The number of carboxylic acids is 1. The molecular weight excluding hydrogens is 230 g/mol. The standard InChI is InChI=1S/C14H25NO3/c1-9-4-10(2)6-11(5-9)15(3)13-8-18-7-12(13)14(16)17/h9-13H,4-8H2,1-3H3,(H,16,17). The fourth-order valence-electron chi connectivity index (χ4n) is 3.69. The van der Waals surface area contributed by atoms with Crippen LogP contribution < -0.4 is 0 Å². The minimum Gasteiger partial charge on any atom is -0.481 e. The van der Waals surface area contributed by atoms with Gasteiger partial charge >= 0.3 is 5.97 Å². The third-order valence-electron chi connectivity index (χ3n) is 4.62. The summed E-state index contributed by atoms with van der Waals surface area (Å²) in [6, 6.07) is 0.558. The molecule has 2 rings (SSSR count). The number of hydrogen-bond acceptors (Lipinski definition) is 3. The zero-order valence-corrected chi connectivity index (χ0v) is 11.6. The first-order valence-electron chi connectivity index (χ1n) is 7.01. The molecule has 1 heterocycles. The van der Waals surface area contributed by atoms with Gasteiger partial charge in [-0.1, -0.05) is 13.8 Å². The maximum Gasteiger partial charge on any atom is 0.310 e. The average Bonchev–Trinajstić information content (AvgIpc) is 2.75. The smallest absolute Gasteiger partial charge is 0.310 e. The molecule has 2 aliphatic rings. The van der Waals surface area contributed by atoms with Gasteiger partial charge in [-0.15, -0.1) is 0 Å². The van der Waals surface area contributed by atoms with Crippen molar-refractivity contribution in [2.75, 3.05) is 20.3 Å².